The number of benzene rings is 2. The maximum absolute atomic E-state index is 14.0. The van der Waals surface area contributed by atoms with Gasteiger partial charge in [-0.2, -0.15) is 11.8 Å². The Balaban J connectivity index is 0.944. The Hall–Kier alpha value is -7.88. The Bertz CT molecular complexity index is 3080. The molecule has 3 aliphatic heterocycles. The number of carboxylic acid groups (broad SMARTS) is 1. The number of amides is 6. The van der Waals surface area contributed by atoms with Gasteiger partial charge in [0.25, 0.3) is 30.7 Å². The Morgan fingerprint density at radius 1 is 0.842 bits per heavy atom. The molecule has 3 saturated heterocycles. The number of rotatable bonds is 35. The molecule has 3 fully saturated rings. The maximum atomic E-state index is 14.0. The second kappa shape index (κ2) is 40.5. The SMILES string of the molecule is C#C[C@H]1CC(F)(F)CN1C(=O)CNC(=O)c1ccnc2ccc(OCCCC3CCN(C(=O)[C@H](O)CSCCNC(=O)C(CCCCN=C(C)NC(=O)CCCc4ccc(C)cc4)NC(=O)CN4CCN(COC=O)CCN(COC=O)CCN(CC(=O)O)CC4)CC3)cc12. The molecule has 0 aliphatic carbocycles. The summed E-state index contributed by atoms with van der Waals surface area (Å²) in [6, 6.07) is 12.8. The molecule has 3 atom stereocenters. The van der Waals surface area contributed by atoms with Crippen LogP contribution in [0, 0.1) is 25.2 Å². The van der Waals surface area contributed by atoms with Crippen LogP contribution in [0.25, 0.3) is 10.9 Å². The number of aromatic nitrogens is 1. The van der Waals surface area contributed by atoms with Crippen molar-refractivity contribution >= 4 is 82.9 Å². The van der Waals surface area contributed by atoms with Crippen LogP contribution in [0.4, 0.5) is 8.78 Å². The standard InChI is InChI=1S/C66H92F2N12O14S/c1-4-52-38-66(67,68)43-80(52)61(86)39-72-63(89)54-19-23-70-56-18-17-53(37-55(54)56)94-35-8-10-51-20-25-79(26-21-51)65(91)58(83)42-95-36-24-71-64(90)57(11-5-6-22-69-49(3)73-59(84)12-7-9-50-15-13-48(2)14-16-50)74-60(85)40-75-27-28-76(41-62(87)88)30-32-78(45-93-47-82)34-33-77(31-29-75)44-92-46-81/h1,13-19,23,37,46-47,51-52,57-58,83H,5-12,20-22,24-36,38-45H2,2-3H3,(H,71,90)(H,72,89)(H,74,85)(H,87,88)(H,69,73,84)/t52-,57?,58+/m0/s1. The number of unbranched alkanes of at least 4 members (excludes halogenated alkanes) is 1. The van der Waals surface area contributed by atoms with E-state index in [9.17, 15) is 62.1 Å². The number of alkyl halides is 2. The van der Waals surface area contributed by atoms with Crippen LogP contribution in [0.3, 0.4) is 0 Å². The van der Waals surface area contributed by atoms with Crippen LogP contribution in [0.2, 0.25) is 0 Å². The molecule has 2 aromatic carbocycles. The minimum absolute atomic E-state index is 0.0168. The summed E-state index contributed by atoms with van der Waals surface area (Å²) in [7, 11) is 0. The first kappa shape index (κ1) is 76.1. The summed E-state index contributed by atoms with van der Waals surface area (Å²) in [5.74, 6) is -2.86. The van der Waals surface area contributed by atoms with Crippen molar-refractivity contribution in [2.45, 2.75) is 109 Å². The molecule has 4 heterocycles. The fourth-order valence-electron chi connectivity index (χ4n) is 11.4. The zero-order valence-corrected chi connectivity index (χ0v) is 55.2. The van der Waals surface area contributed by atoms with E-state index < -0.39 is 73.2 Å². The summed E-state index contributed by atoms with van der Waals surface area (Å²) in [6.45, 7) is 7.16. The minimum Gasteiger partial charge on any atom is -0.494 e. The van der Waals surface area contributed by atoms with Crippen molar-refractivity contribution in [3.05, 3.63) is 71.4 Å². The van der Waals surface area contributed by atoms with Gasteiger partial charge in [0.2, 0.25) is 23.6 Å². The number of nitrogens with zero attached hydrogens (tertiary/aromatic N) is 8. The number of halogens is 2. The molecular formula is C66H92F2N12O14S. The van der Waals surface area contributed by atoms with Gasteiger partial charge in [-0.1, -0.05) is 35.7 Å². The van der Waals surface area contributed by atoms with Crippen molar-refractivity contribution in [1.29, 1.82) is 0 Å². The number of pyridine rings is 1. The number of terminal acetylenes is 1. The number of likely N-dealkylation sites (tertiary alicyclic amines) is 2. The number of piperidine rings is 1. The predicted octanol–water partition coefficient (Wildman–Crippen LogP) is 2.53. The van der Waals surface area contributed by atoms with E-state index in [1.54, 1.807) is 34.9 Å². The van der Waals surface area contributed by atoms with Crippen molar-refractivity contribution < 1.29 is 76.4 Å². The quantitative estimate of drug-likeness (QED) is 0.0162. The van der Waals surface area contributed by atoms with Crippen molar-refractivity contribution in [2.75, 3.05) is 136 Å². The van der Waals surface area contributed by atoms with E-state index in [0.717, 1.165) is 36.1 Å². The van der Waals surface area contributed by atoms with Gasteiger partial charge < -0.3 is 55.5 Å². The number of aliphatic hydroxyl groups excluding tert-OH is 1. The highest BCUT2D eigenvalue weighted by Crippen LogP contribution is 2.32. The number of thioether (sulfide) groups is 1. The number of carbonyl (C=O) groups is 9. The lowest BCUT2D eigenvalue weighted by Crippen LogP contribution is -2.52. The summed E-state index contributed by atoms with van der Waals surface area (Å²) in [5, 5.41) is 32.4. The number of carbonyl (C=O) groups excluding carboxylic acids is 8. The molecule has 6 amide bonds. The molecule has 0 spiro atoms. The highest BCUT2D eigenvalue weighted by Gasteiger charge is 2.46. The Labute approximate surface area is 557 Å². The molecule has 26 nitrogen and oxygen atoms in total. The number of ether oxygens (including phenoxy) is 3. The second-order valence-corrected chi connectivity index (χ2v) is 25.2. The van der Waals surface area contributed by atoms with Crippen molar-refractivity contribution in [3.8, 4) is 18.1 Å². The molecule has 520 valence electrons. The van der Waals surface area contributed by atoms with Gasteiger partial charge in [0, 0.05) is 114 Å². The number of hydrogen-bond acceptors (Lipinski definition) is 20. The van der Waals surface area contributed by atoms with Crippen LogP contribution < -0.4 is 26.0 Å². The van der Waals surface area contributed by atoms with Gasteiger partial charge >= 0.3 is 5.97 Å². The molecule has 3 aliphatic rings. The van der Waals surface area contributed by atoms with E-state index in [2.05, 4.69) is 49.3 Å². The van der Waals surface area contributed by atoms with Gasteiger partial charge in [-0.3, -0.25) is 72.7 Å². The molecule has 29 heteroatoms. The van der Waals surface area contributed by atoms with Crippen LogP contribution in [-0.4, -0.2) is 265 Å². The van der Waals surface area contributed by atoms with E-state index in [1.165, 1.54) is 29.6 Å². The number of aliphatic carboxylic acids is 1. The molecule has 1 unspecified atom stereocenters. The third-order valence-electron chi connectivity index (χ3n) is 16.7. The van der Waals surface area contributed by atoms with Gasteiger partial charge in [-0.25, -0.2) is 8.78 Å². The van der Waals surface area contributed by atoms with Crippen LogP contribution in [0.5, 0.6) is 5.75 Å². The summed E-state index contributed by atoms with van der Waals surface area (Å²) < 4.78 is 44.1. The Kier molecular flexibility index (Phi) is 32.5. The first-order chi connectivity index (χ1) is 45.7. The van der Waals surface area contributed by atoms with E-state index >= 15 is 0 Å². The number of carboxylic acids is 1. The number of amidine groups is 1. The van der Waals surface area contributed by atoms with E-state index in [4.69, 9.17) is 20.6 Å². The smallest absolute Gasteiger partial charge is 0.317 e. The van der Waals surface area contributed by atoms with Gasteiger partial charge in [0.1, 0.15) is 31.4 Å². The average molecular weight is 1350 g/mol. The van der Waals surface area contributed by atoms with Crippen molar-refractivity contribution in [3.63, 3.8) is 0 Å². The fourth-order valence-corrected chi connectivity index (χ4v) is 12.2. The minimum atomic E-state index is -3.10. The zero-order valence-electron chi connectivity index (χ0n) is 54.4. The Morgan fingerprint density at radius 3 is 2.16 bits per heavy atom. The molecular weight excluding hydrogens is 1250 g/mol. The predicted molar refractivity (Wildman–Crippen MR) is 352 cm³/mol. The number of nitrogens with one attached hydrogen (secondary N) is 4. The molecule has 6 rings (SSSR count). The van der Waals surface area contributed by atoms with Crippen molar-refractivity contribution in [1.82, 2.24) is 55.7 Å². The molecule has 0 bridgehead atoms. The second-order valence-electron chi connectivity index (χ2n) is 24.1. The van der Waals surface area contributed by atoms with Gasteiger partial charge in [-0.15, -0.1) is 6.42 Å². The highest BCUT2D eigenvalue weighted by molar-refractivity contribution is 7.99. The summed E-state index contributed by atoms with van der Waals surface area (Å²) in [6.07, 6.45) is 11.0. The lowest BCUT2D eigenvalue weighted by Gasteiger charge is -2.33. The van der Waals surface area contributed by atoms with Crippen LogP contribution in [-0.2, 0) is 54.3 Å². The van der Waals surface area contributed by atoms with Crippen LogP contribution in [0.1, 0.15) is 92.6 Å². The molecule has 1 aromatic heterocycles. The number of hydrogen-bond donors (Lipinski definition) is 6. The fraction of sp³-hybridized carbons (Fsp3) is 0.591. The third kappa shape index (κ3) is 27.4. The van der Waals surface area contributed by atoms with Gasteiger partial charge in [0.15, 0.2) is 0 Å². The van der Waals surface area contributed by atoms with E-state index in [1.807, 2.05) is 33.8 Å². The lowest BCUT2D eigenvalue weighted by atomic mass is 9.92. The number of aliphatic hydroxyl groups is 1. The third-order valence-corrected chi connectivity index (χ3v) is 17.8. The van der Waals surface area contributed by atoms with Crippen LogP contribution >= 0.6 is 11.8 Å². The normalized spacial score (nSPS) is 17.9. The van der Waals surface area contributed by atoms with Crippen molar-refractivity contribution in [2.24, 2.45) is 10.9 Å². The molecule has 6 N–H and O–H groups in total. The lowest BCUT2D eigenvalue weighted by molar-refractivity contribution is -0.140. The van der Waals surface area contributed by atoms with Gasteiger partial charge in [0.05, 0.1) is 55.7 Å². The highest BCUT2D eigenvalue weighted by atomic mass is 32.2. The zero-order chi connectivity index (χ0) is 68.5. The molecule has 0 radical (unpaired) electrons. The van der Waals surface area contributed by atoms with E-state index in [-0.39, 0.29) is 75.7 Å². The number of aryl methyl sites for hydroxylation is 2. The molecule has 3 aromatic rings. The Morgan fingerprint density at radius 2 is 1.51 bits per heavy atom. The number of fused-ring (bicyclic) bond motifs is 1. The largest absolute Gasteiger partial charge is 0.494 e. The summed E-state index contributed by atoms with van der Waals surface area (Å²) in [5.41, 5.74) is 3.07. The van der Waals surface area contributed by atoms with E-state index in [0.29, 0.717) is 145 Å². The summed E-state index contributed by atoms with van der Waals surface area (Å²) >= 11 is 1.30. The van der Waals surface area contributed by atoms with Crippen LogP contribution in [0.15, 0.2) is 59.7 Å². The first-order valence-corrected chi connectivity index (χ1v) is 33.5. The monoisotopic (exact) mass is 1350 g/mol. The number of aliphatic imine (C=N–C) groups is 1. The topological polar surface area (TPSA) is 315 Å². The first-order valence-electron chi connectivity index (χ1n) is 32.4. The molecule has 0 saturated carbocycles. The van der Waals surface area contributed by atoms with Gasteiger partial charge in [-0.05, 0) is 107 Å². The molecule has 95 heavy (non-hydrogen) atoms. The summed E-state index contributed by atoms with van der Waals surface area (Å²) in [4.78, 5) is 133. The average Bonchev–Trinajstić information content (AvgIpc) is 1.79. The maximum Gasteiger partial charge on any atom is 0.317 e.